The van der Waals surface area contributed by atoms with Gasteiger partial charge in [0.15, 0.2) is 5.69 Å². The Morgan fingerprint density at radius 1 is 1.41 bits per heavy atom. The fourth-order valence-corrected chi connectivity index (χ4v) is 1.16. The Morgan fingerprint density at radius 3 is 2.82 bits per heavy atom. The van der Waals surface area contributed by atoms with Gasteiger partial charge in [-0.05, 0) is 13.3 Å². The lowest BCUT2D eigenvalue weighted by Gasteiger charge is -2.05. The summed E-state index contributed by atoms with van der Waals surface area (Å²) in [5.41, 5.74) is 0.201. The molecule has 17 heavy (non-hydrogen) atoms. The summed E-state index contributed by atoms with van der Waals surface area (Å²) in [6.45, 7) is 4.17. The standard InChI is InChI=1S/C11H17N3O3/c1-3-17-6-4-5-12-10-8-13-9(7-14-10)11(15)16-2/h7-8H,3-6H2,1-2H3,(H,12,14). The van der Waals surface area contributed by atoms with Crippen LogP contribution >= 0.6 is 0 Å². The Labute approximate surface area is 100 Å². The van der Waals surface area contributed by atoms with Gasteiger partial charge in [0.2, 0.25) is 0 Å². The number of rotatable bonds is 7. The van der Waals surface area contributed by atoms with Gasteiger partial charge in [-0.25, -0.2) is 14.8 Å². The molecule has 0 aromatic carbocycles. The van der Waals surface area contributed by atoms with Crippen LogP contribution in [-0.2, 0) is 9.47 Å². The van der Waals surface area contributed by atoms with E-state index in [0.717, 1.165) is 26.2 Å². The molecule has 6 heteroatoms. The maximum atomic E-state index is 11.1. The molecule has 1 heterocycles. The number of hydrogen-bond acceptors (Lipinski definition) is 6. The van der Waals surface area contributed by atoms with Gasteiger partial charge in [-0.2, -0.15) is 0 Å². The lowest BCUT2D eigenvalue weighted by Crippen LogP contribution is -2.09. The molecule has 1 N–H and O–H groups in total. The Morgan fingerprint density at radius 2 is 2.24 bits per heavy atom. The SMILES string of the molecule is CCOCCCNc1cnc(C(=O)OC)cn1. The largest absolute Gasteiger partial charge is 0.464 e. The summed E-state index contributed by atoms with van der Waals surface area (Å²) < 4.78 is 9.72. The van der Waals surface area contributed by atoms with Gasteiger partial charge in [0.05, 0.1) is 19.5 Å². The predicted octanol–water partition coefficient (Wildman–Crippen LogP) is 1.10. The van der Waals surface area contributed by atoms with Crippen molar-refractivity contribution in [2.45, 2.75) is 13.3 Å². The number of carbonyl (C=O) groups excluding carboxylic acids is 1. The van der Waals surface area contributed by atoms with Crippen molar-refractivity contribution in [3.05, 3.63) is 18.1 Å². The third kappa shape index (κ3) is 4.78. The van der Waals surface area contributed by atoms with E-state index in [4.69, 9.17) is 4.74 Å². The first-order chi connectivity index (χ1) is 8.27. The molecule has 1 aromatic heterocycles. The molecule has 0 saturated carbocycles. The molecule has 94 valence electrons. The topological polar surface area (TPSA) is 73.3 Å². The highest BCUT2D eigenvalue weighted by Crippen LogP contribution is 2.02. The van der Waals surface area contributed by atoms with Crippen LogP contribution in [0.25, 0.3) is 0 Å². The number of carbonyl (C=O) groups is 1. The number of methoxy groups -OCH3 is 1. The maximum Gasteiger partial charge on any atom is 0.358 e. The molecule has 0 saturated heterocycles. The zero-order chi connectivity index (χ0) is 12.5. The first kappa shape index (κ1) is 13.4. The highest BCUT2D eigenvalue weighted by atomic mass is 16.5. The van der Waals surface area contributed by atoms with E-state index in [9.17, 15) is 4.79 Å². The molecule has 0 aliphatic carbocycles. The molecule has 0 spiro atoms. The summed E-state index contributed by atoms with van der Waals surface area (Å²) >= 11 is 0. The molecule has 6 nitrogen and oxygen atoms in total. The first-order valence-electron chi connectivity index (χ1n) is 5.50. The van der Waals surface area contributed by atoms with Crippen LogP contribution in [0.15, 0.2) is 12.4 Å². The van der Waals surface area contributed by atoms with E-state index in [0.29, 0.717) is 5.82 Å². The Balaban J connectivity index is 2.33. The van der Waals surface area contributed by atoms with Crippen LogP contribution in [0.4, 0.5) is 5.82 Å². The van der Waals surface area contributed by atoms with Crippen molar-refractivity contribution in [3.8, 4) is 0 Å². The summed E-state index contributed by atoms with van der Waals surface area (Å²) in [5, 5.41) is 3.08. The summed E-state index contributed by atoms with van der Waals surface area (Å²) in [6, 6.07) is 0. The summed E-state index contributed by atoms with van der Waals surface area (Å²) in [5.74, 6) is 0.148. The van der Waals surface area contributed by atoms with Crippen LogP contribution < -0.4 is 5.32 Å². The Bertz CT molecular complexity index is 340. The van der Waals surface area contributed by atoms with Gasteiger partial charge in [-0.1, -0.05) is 0 Å². The number of aromatic nitrogens is 2. The van der Waals surface area contributed by atoms with Crippen molar-refractivity contribution in [1.82, 2.24) is 9.97 Å². The molecule has 1 aromatic rings. The van der Waals surface area contributed by atoms with Crippen LogP contribution in [0.3, 0.4) is 0 Å². The van der Waals surface area contributed by atoms with Crippen molar-refractivity contribution in [1.29, 1.82) is 0 Å². The third-order valence-electron chi connectivity index (χ3n) is 2.02. The average molecular weight is 239 g/mol. The lowest BCUT2D eigenvalue weighted by molar-refractivity contribution is 0.0593. The fourth-order valence-electron chi connectivity index (χ4n) is 1.16. The first-order valence-corrected chi connectivity index (χ1v) is 5.50. The predicted molar refractivity (Wildman–Crippen MR) is 63.0 cm³/mol. The van der Waals surface area contributed by atoms with Crippen molar-refractivity contribution >= 4 is 11.8 Å². The van der Waals surface area contributed by atoms with Crippen LogP contribution in [0, 0.1) is 0 Å². The second kappa shape index (κ2) is 7.56. The molecule has 0 radical (unpaired) electrons. The lowest BCUT2D eigenvalue weighted by atomic mass is 10.4. The minimum absolute atomic E-state index is 0.201. The highest BCUT2D eigenvalue weighted by Gasteiger charge is 2.06. The van der Waals surface area contributed by atoms with E-state index < -0.39 is 5.97 Å². The Hall–Kier alpha value is -1.69. The average Bonchev–Trinajstić information content (AvgIpc) is 2.38. The van der Waals surface area contributed by atoms with E-state index in [1.54, 1.807) is 0 Å². The summed E-state index contributed by atoms with van der Waals surface area (Å²) in [6.07, 6.45) is 3.79. The molecule has 0 bridgehead atoms. The minimum Gasteiger partial charge on any atom is -0.464 e. The third-order valence-corrected chi connectivity index (χ3v) is 2.02. The molecule has 0 unspecified atom stereocenters. The second-order valence-corrected chi connectivity index (χ2v) is 3.26. The number of nitrogens with zero attached hydrogens (tertiary/aromatic N) is 2. The van der Waals surface area contributed by atoms with Crippen LogP contribution in [0.1, 0.15) is 23.8 Å². The van der Waals surface area contributed by atoms with Gasteiger partial charge in [-0.15, -0.1) is 0 Å². The monoisotopic (exact) mass is 239 g/mol. The van der Waals surface area contributed by atoms with E-state index in [1.165, 1.54) is 19.5 Å². The Kier molecular flexibility index (Phi) is 5.95. The van der Waals surface area contributed by atoms with Crippen molar-refractivity contribution in [2.75, 3.05) is 32.2 Å². The number of ether oxygens (including phenoxy) is 2. The van der Waals surface area contributed by atoms with Crippen LogP contribution in [0.5, 0.6) is 0 Å². The van der Waals surface area contributed by atoms with Gasteiger partial charge >= 0.3 is 5.97 Å². The smallest absolute Gasteiger partial charge is 0.358 e. The molecule has 1 rings (SSSR count). The number of hydrogen-bond donors (Lipinski definition) is 1. The van der Waals surface area contributed by atoms with E-state index in [1.807, 2.05) is 6.92 Å². The normalized spacial score (nSPS) is 10.0. The number of esters is 1. The van der Waals surface area contributed by atoms with Crippen molar-refractivity contribution in [3.63, 3.8) is 0 Å². The van der Waals surface area contributed by atoms with E-state index in [-0.39, 0.29) is 5.69 Å². The highest BCUT2D eigenvalue weighted by molar-refractivity contribution is 5.86. The maximum absolute atomic E-state index is 11.1. The quantitative estimate of drug-likeness (QED) is 0.567. The van der Waals surface area contributed by atoms with Gasteiger partial charge in [-0.3, -0.25) is 0 Å². The van der Waals surface area contributed by atoms with Crippen LogP contribution in [-0.4, -0.2) is 42.8 Å². The van der Waals surface area contributed by atoms with E-state index in [2.05, 4.69) is 20.0 Å². The van der Waals surface area contributed by atoms with Crippen LogP contribution in [0.2, 0.25) is 0 Å². The van der Waals surface area contributed by atoms with Gasteiger partial charge in [0, 0.05) is 19.8 Å². The number of nitrogens with one attached hydrogen (secondary N) is 1. The van der Waals surface area contributed by atoms with E-state index >= 15 is 0 Å². The van der Waals surface area contributed by atoms with Gasteiger partial charge < -0.3 is 14.8 Å². The minimum atomic E-state index is -0.486. The zero-order valence-corrected chi connectivity index (χ0v) is 10.1. The summed E-state index contributed by atoms with van der Waals surface area (Å²) in [7, 11) is 1.31. The summed E-state index contributed by atoms with van der Waals surface area (Å²) in [4.78, 5) is 19.1. The molecule has 0 atom stereocenters. The molecule has 0 aliphatic heterocycles. The molecular weight excluding hydrogens is 222 g/mol. The fraction of sp³-hybridized carbons (Fsp3) is 0.545. The van der Waals surface area contributed by atoms with Gasteiger partial charge in [0.25, 0.3) is 0 Å². The number of anilines is 1. The molecule has 0 amide bonds. The molecular formula is C11H17N3O3. The zero-order valence-electron chi connectivity index (χ0n) is 10.1. The molecule has 0 fully saturated rings. The van der Waals surface area contributed by atoms with Gasteiger partial charge in [0.1, 0.15) is 5.82 Å². The van der Waals surface area contributed by atoms with Crippen molar-refractivity contribution in [2.24, 2.45) is 0 Å². The molecule has 0 aliphatic rings. The van der Waals surface area contributed by atoms with Crippen molar-refractivity contribution < 1.29 is 14.3 Å². The second-order valence-electron chi connectivity index (χ2n) is 3.26.